The molecule has 0 radical (unpaired) electrons. The first-order valence-corrected chi connectivity index (χ1v) is 7.09. The predicted molar refractivity (Wildman–Crippen MR) is 70.6 cm³/mol. The molecular weight excluding hydrogens is 290 g/mol. The second-order valence-corrected chi connectivity index (χ2v) is 5.22. The predicted octanol–water partition coefficient (Wildman–Crippen LogP) is 2.45. The van der Waals surface area contributed by atoms with Crippen LogP contribution >= 0.6 is 27.3 Å². The molecule has 0 fully saturated rings. The van der Waals surface area contributed by atoms with Crippen LogP contribution in [0.4, 0.5) is 0 Å². The molecule has 0 bridgehead atoms. The lowest BCUT2D eigenvalue weighted by Crippen LogP contribution is -2.38. The second kappa shape index (κ2) is 7.04. The standard InChI is InChI=1S/C11H16BrNO2S/c1-3-9-4-5-10(16-9)11(14)13-8(6-12)7-15-2/h4-5,8H,3,6-7H2,1-2H3,(H,13,14). The van der Waals surface area contributed by atoms with Gasteiger partial charge in [-0.15, -0.1) is 11.3 Å². The average molecular weight is 306 g/mol. The molecule has 0 aliphatic rings. The summed E-state index contributed by atoms with van der Waals surface area (Å²) >= 11 is 4.89. The molecule has 0 aromatic carbocycles. The van der Waals surface area contributed by atoms with Crippen molar-refractivity contribution < 1.29 is 9.53 Å². The van der Waals surface area contributed by atoms with Gasteiger partial charge in [0.05, 0.1) is 17.5 Å². The number of rotatable bonds is 6. The third kappa shape index (κ3) is 3.88. The van der Waals surface area contributed by atoms with E-state index >= 15 is 0 Å². The zero-order valence-electron chi connectivity index (χ0n) is 9.46. The number of methoxy groups -OCH3 is 1. The zero-order valence-corrected chi connectivity index (χ0v) is 11.9. The van der Waals surface area contributed by atoms with E-state index in [1.165, 1.54) is 4.88 Å². The third-order valence-electron chi connectivity index (χ3n) is 2.12. The number of alkyl halides is 1. The first kappa shape index (κ1) is 13.7. The lowest BCUT2D eigenvalue weighted by atomic mass is 10.3. The lowest BCUT2D eigenvalue weighted by molar-refractivity contribution is 0.0912. The highest BCUT2D eigenvalue weighted by molar-refractivity contribution is 9.09. The Hall–Kier alpha value is -0.390. The molecule has 1 atom stereocenters. The van der Waals surface area contributed by atoms with E-state index in [0.29, 0.717) is 11.9 Å². The molecule has 0 aliphatic heterocycles. The van der Waals surface area contributed by atoms with Crippen LogP contribution in [0.25, 0.3) is 0 Å². The maximum atomic E-state index is 11.8. The highest BCUT2D eigenvalue weighted by Crippen LogP contribution is 2.16. The Morgan fingerprint density at radius 1 is 1.62 bits per heavy atom. The van der Waals surface area contributed by atoms with Gasteiger partial charge in [0.15, 0.2) is 0 Å². The molecule has 1 amide bonds. The molecule has 1 aromatic heterocycles. The van der Waals surface area contributed by atoms with Crippen LogP contribution in [0.1, 0.15) is 21.5 Å². The number of hydrogen-bond acceptors (Lipinski definition) is 3. The summed E-state index contributed by atoms with van der Waals surface area (Å²) in [5.41, 5.74) is 0. The second-order valence-electron chi connectivity index (χ2n) is 3.40. The van der Waals surface area contributed by atoms with Crippen molar-refractivity contribution in [3.63, 3.8) is 0 Å². The van der Waals surface area contributed by atoms with Gasteiger partial charge in [0, 0.05) is 17.3 Å². The van der Waals surface area contributed by atoms with E-state index in [4.69, 9.17) is 4.74 Å². The highest BCUT2D eigenvalue weighted by Gasteiger charge is 2.13. The Morgan fingerprint density at radius 2 is 2.38 bits per heavy atom. The quantitative estimate of drug-likeness (QED) is 0.820. The number of ether oxygens (including phenoxy) is 1. The Morgan fingerprint density at radius 3 is 2.88 bits per heavy atom. The van der Waals surface area contributed by atoms with Gasteiger partial charge in [-0.25, -0.2) is 0 Å². The van der Waals surface area contributed by atoms with Gasteiger partial charge < -0.3 is 10.1 Å². The number of aryl methyl sites for hydroxylation is 1. The summed E-state index contributed by atoms with van der Waals surface area (Å²) in [6, 6.07) is 3.89. The van der Waals surface area contributed by atoms with Crippen molar-refractivity contribution in [1.82, 2.24) is 5.32 Å². The van der Waals surface area contributed by atoms with Crippen LogP contribution < -0.4 is 5.32 Å². The number of hydrogen-bond donors (Lipinski definition) is 1. The Bertz CT molecular complexity index is 340. The van der Waals surface area contributed by atoms with Crippen molar-refractivity contribution >= 4 is 33.2 Å². The summed E-state index contributed by atoms with van der Waals surface area (Å²) in [5, 5.41) is 3.61. The van der Waals surface area contributed by atoms with Crippen LogP contribution in [0.2, 0.25) is 0 Å². The fourth-order valence-electron chi connectivity index (χ4n) is 1.27. The molecular formula is C11H16BrNO2S. The lowest BCUT2D eigenvalue weighted by Gasteiger charge is -2.14. The van der Waals surface area contributed by atoms with Crippen LogP contribution in [0.5, 0.6) is 0 Å². The van der Waals surface area contributed by atoms with Crippen molar-refractivity contribution in [2.75, 3.05) is 19.0 Å². The fourth-order valence-corrected chi connectivity index (χ4v) is 2.47. The smallest absolute Gasteiger partial charge is 0.261 e. The minimum atomic E-state index is -0.0220. The SMILES string of the molecule is CCc1ccc(C(=O)NC(CBr)COC)s1. The van der Waals surface area contributed by atoms with E-state index in [1.807, 2.05) is 12.1 Å². The largest absolute Gasteiger partial charge is 0.383 e. The molecule has 1 rings (SSSR count). The number of amides is 1. The minimum Gasteiger partial charge on any atom is -0.383 e. The number of thiophene rings is 1. The van der Waals surface area contributed by atoms with Gasteiger partial charge in [0.1, 0.15) is 0 Å². The van der Waals surface area contributed by atoms with E-state index in [2.05, 4.69) is 28.2 Å². The highest BCUT2D eigenvalue weighted by atomic mass is 79.9. The molecule has 0 aliphatic carbocycles. The number of carbonyl (C=O) groups excluding carboxylic acids is 1. The zero-order chi connectivity index (χ0) is 12.0. The molecule has 0 saturated carbocycles. The maximum Gasteiger partial charge on any atom is 0.261 e. The number of nitrogens with one attached hydrogen (secondary N) is 1. The van der Waals surface area contributed by atoms with E-state index in [1.54, 1.807) is 18.4 Å². The molecule has 0 saturated heterocycles. The number of halogens is 1. The van der Waals surface area contributed by atoms with Crippen LogP contribution in [0, 0.1) is 0 Å². The fraction of sp³-hybridized carbons (Fsp3) is 0.545. The molecule has 1 unspecified atom stereocenters. The first-order valence-electron chi connectivity index (χ1n) is 5.15. The topological polar surface area (TPSA) is 38.3 Å². The molecule has 3 nitrogen and oxygen atoms in total. The Kier molecular flexibility index (Phi) is 6.01. The molecule has 90 valence electrons. The summed E-state index contributed by atoms with van der Waals surface area (Å²) < 4.78 is 5.02. The summed E-state index contributed by atoms with van der Waals surface area (Å²) in [6.45, 7) is 2.60. The van der Waals surface area contributed by atoms with E-state index < -0.39 is 0 Å². The Labute approximate surface area is 108 Å². The minimum absolute atomic E-state index is 0.0182. The molecule has 0 spiro atoms. The summed E-state index contributed by atoms with van der Waals surface area (Å²) in [6.07, 6.45) is 0.970. The van der Waals surface area contributed by atoms with Gasteiger partial charge in [-0.1, -0.05) is 22.9 Å². The molecule has 1 N–H and O–H groups in total. The summed E-state index contributed by atoms with van der Waals surface area (Å²) in [5.74, 6) is -0.0220. The maximum absolute atomic E-state index is 11.8. The van der Waals surface area contributed by atoms with Crippen molar-refractivity contribution in [2.45, 2.75) is 19.4 Å². The van der Waals surface area contributed by atoms with Crippen molar-refractivity contribution in [1.29, 1.82) is 0 Å². The van der Waals surface area contributed by atoms with Gasteiger partial charge in [0.25, 0.3) is 5.91 Å². The van der Waals surface area contributed by atoms with E-state index in [-0.39, 0.29) is 11.9 Å². The molecule has 5 heteroatoms. The van der Waals surface area contributed by atoms with Crippen LogP contribution in [-0.2, 0) is 11.2 Å². The summed E-state index contributed by atoms with van der Waals surface area (Å²) in [4.78, 5) is 13.8. The molecule has 1 aromatic rings. The van der Waals surface area contributed by atoms with Gasteiger partial charge in [-0.2, -0.15) is 0 Å². The van der Waals surface area contributed by atoms with Crippen LogP contribution in [0.3, 0.4) is 0 Å². The van der Waals surface area contributed by atoms with E-state index in [0.717, 1.165) is 11.3 Å². The average Bonchev–Trinajstić information content (AvgIpc) is 2.76. The van der Waals surface area contributed by atoms with Gasteiger partial charge in [-0.05, 0) is 18.6 Å². The third-order valence-corrected chi connectivity index (χ3v) is 4.13. The molecule has 1 heterocycles. The van der Waals surface area contributed by atoms with Gasteiger partial charge >= 0.3 is 0 Å². The molecule has 16 heavy (non-hydrogen) atoms. The van der Waals surface area contributed by atoms with Crippen LogP contribution in [-0.4, -0.2) is 31.0 Å². The van der Waals surface area contributed by atoms with Crippen molar-refractivity contribution in [2.24, 2.45) is 0 Å². The first-order chi connectivity index (χ1) is 7.71. The van der Waals surface area contributed by atoms with Crippen molar-refractivity contribution in [3.8, 4) is 0 Å². The normalized spacial score (nSPS) is 12.4. The van der Waals surface area contributed by atoms with Crippen molar-refractivity contribution in [3.05, 3.63) is 21.9 Å². The Balaban J connectivity index is 2.56. The van der Waals surface area contributed by atoms with E-state index in [9.17, 15) is 4.79 Å². The number of carbonyl (C=O) groups is 1. The van der Waals surface area contributed by atoms with Gasteiger partial charge in [-0.3, -0.25) is 4.79 Å². The monoisotopic (exact) mass is 305 g/mol. The summed E-state index contributed by atoms with van der Waals surface area (Å²) in [7, 11) is 1.63. The van der Waals surface area contributed by atoms with Crippen LogP contribution in [0.15, 0.2) is 12.1 Å². The van der Waals surface area contributed by atoms with Gasteiger partial charge in [0.2, 0.25) is 0 Å².